The molecule has 0 radical (unpaired) electrons. The summed E-state index contributed by atoms with van der Waals surface area (Å²) in [7, 11) is 0. The van der Waals surface area contributed by atoms with Crippen LogP contribution in [0.25, 0.3) is 0 Å². The van der Waals surface area contributed by atoms with Crippen LogP contribution in [0.1, 0.15) is 55.3 Å². The Kier molecular flexibility index (Phi) is 4.58. The maximum absolute atomic E-state index is 12.4. The first-order valence-corrected chi connectivity index (χ1v) is 6.98. The zero-order chi connectivity index (χ0) is 13.8. The predicted octanol–water partition coefficient (Wildman–Crippen LogP) is 2.03. The second kappa shape index (κ2) is 6.19. The van der Waals surface area contributed by atoms with E-state index in [4.69, 9.17) is 4.52 Å². The summed E-state index contributed by atoms with van der Waals surface area (Å²) in [4.78, 5) is 14.2. The summed E-state index contributed by atoms with van der Waals surface area (Å²) in [5, 5.41) is 13.2. The third-order valence-corrected chi connectivity index (χ3v) is 3.63. The number of hydrogen-bond acceptors (Lipinski definition) is 4. The Hall–Kier alpha value is -1.36. The van der Waals surface area contributed by atoms with Gasteiger partial charge in [-0.1, -0.05) is 25.4 Å². The molecule has 2 heterocycles. The molecule has 106 valence electrons. The van der Waals surface area contributed by atoms with E-state index in [0.29, 0.717) is 12.2 Å². The lowest BCUT2D eigenvalue weighted by Gasteiger charge is -2.22. The van der Waals surface area contributed by atoms with Crippen LogP contribution in [0.3, 0.4) is 0 Å². The number of nitrogens with zero attached hydrogens (tertiary/aromatic N) is 2. The van der Waals surface area contributed by atoms with Crippen molar-refractivity contribution < 1.29 is 14.4 Å². The standard InChI is InChI=1S/C14H22N2O3/c1-10(2)13-7-12(15-19-13)14(18)16-6-4-3-5-11(8-16)9-17/h7,10-11,17H,3-6,8-9H2,1-2H3/t11-/m0/s1. The second-order valence-corrected chi connectivity index (χ2v) is 5.56. The molecule has 5 nitrogen and oxygen atoms in total. The van der Waals surface area contributed by atoms with Gasteiger partial charge in [-0.25, -0.2) is 0 Å². The quantitative estimate of drug-likeness (QED) is 0.909. The molecule has 0 aliphatic carbocycles. The van der Waals surface area contributed by atoms with Crippen molar-refractivity contribution in [2.45, 2.75) is 39.0 Å². The maximum Gasteiger partial charge on any atom is 0.276 e. The van der Waals surface area contributed by atoms with E-state index in [1.165, 1.54) is 0 Å². The molecule has 5 heteroatoms. The second-order valence-electron chi connectivity index (χ2n) is 5.56. The zero-order valence-corrected chi connectivity index (χ0v) is 11.6. The Bertz CT molecular complexity index is 428. The van der Waals surface area contributed by atoms with Crippen LogP contribution in [-0.2, 0) is 0 Å². The molecule has 1 aliphatic heterocycles. The topological polar surface area (TPSA) is 66.6 Å². The van der Waals surface area contributed by atoms with Gasteiger partial charge < -0.3 is 14.5 Å². The average Bonchev–Trinajstić information content (AvgIpc) is 2.77. The van der Waals surface area contributed by atoms with E-state index in [1.54, 1.807) is 11.0 Å². The van der Waals surface area contributed by atoms with Gasteiger partial charge in [-0.3, -0.25) is 4.79 Å². The van der Waals surface area contributed by atoms with Gasteiger partial charge >= 0.3 is 0 Å². The van der Waals surface area contributed by atoms with Crippen molar-refractivity contribution >= 4 is 5.91 Å². The Morgan fingerprint density at radius 3 is 3.00 bits per heavy atom. The molecule has 1 amide bonds. The SMILES string of the molecule is CC(C)c1cc(C(=O)N2CCCC[C@H](CO)C2)no1. The van der Waals surface area contributed by atoms with Gasteiger partial charge in [0.2, 0.25) is 0 Å². The van der Waals surface area contributed by atoms with Crippen molar-refractivity contribution in [2.24, 2.45) is 5.92 Å². The minimum Gasteiger partial charge on any atom is -0.396 e. The Labute approximate surface area is 113 Å². The van der Waals surface area contributed by atoms with Crippen LogP contribution in [0, 0.1) is 5.92 Å². The highest BCUT2D eigenvalue weighted by molar-refractivity contribution is 5.92. The van der Waals surface area contributed by atoms with E-state index in [9.17, 15) is 9.90 Å². The smallest absolute Gasteiger partial charge is 0.276 e. The van der Waals surface area contributed by atoms with Crippen LogP contribution in [0.2, 0.25) is 0 Å². The van der Waals surface area contributed by atoms with Gasteiger partial charge in [-0.2, -0.15) is 0 Å². The summed E-state index contributed by atoms with van der Waals surface area (Å²) >= 11 is 0. The highest BCUT2D eigenvalue weighted by Gasteiger charge is 2.25. The van der Waals surface area contributed by atoms with Gasteiger partial charge in [0.25, 0.3) is 5.91 Å². The molecule has 0 bridgehead atoms. The Morgan fingerprint density at radius 2 is 2.37 bits per heavy atom. The molecule has 1 fully saturated rings. The summed E-state index contributed by atoms with van der Waals surface area (Å²) in [6.45, 7) is 5.49. The van der Waals surface area contributed by atoms with E-state index in [1.807, 2.05) is 13.8 Å². The number of rotatable bonds is 3. The van der Waals surface area contributed by atoms with Crippen LogP contribution >= 0.6 is 0 Å². The van der Waals surface area contributed by atoms with E-state index in [0.717, 1.165) is 31.6 Å². The molecule has 0 aromatic carbocycles. The van der Waals surface area contributed by atoms with E-state index in [-0.39, 0.29) is 24.3 Å². The summed E-state index contributed by atoms with van der Waals surface area (Å²) in [5.41, 5.74) is 0.377. The molecule has 1 aliphatic rings. The van der Waals surface area contributed by atoms with Crippen LogP contribution in [-0.4, -0.2) is 40.8 Å². The highest BCUT2D eigenvalue weighted by Crippen LogP contribution is 2.20. The molecular weight excluding hydrogens is 244 g/mol. The van der Waals surface area contributed by atoms with Gasteiger partial charge in [-0.15, -0.1) is 0 Å². The lowest BCUT2D eigenvalue weighted by molar-refractivity contribution is 0.0709. The molecule has 2 rings (SSSR count). The summed E-state index contributed by atoms with van der Waals surface area (Å²) < 4.78 is 5.18. The number of likely N-dealkylation sites (tertiary alicyclic amines) is 1. The van der Waals surface area contributed by atoms with Gasteiger partial charge in [-0.05, 0) is 18.8 Å². The number of carbonyl (C=O) groups is 1. The molecule has 0 spiro atoms. The number of aliphatic hydroxyl groups excluding tert-OH is 1. The van der Waals surface area contributed by atoms with E-state index in [2.05, 4.69) is 5.16 Å². The molecule has 19 heavy (non-hydrogen) atoms. The Morgan fingerprint density at radius 1 is 1.58 bits per heavy atom. The van der Waals surface area contributed by atoms with Gasteiger partial charge in [0.15, 0.2) is 5.69 Å². The fourth-order valence-electron chi connectivity index (χ4n) is 2.39. The van der Waals surface area contributed by atoms with Crippen LogP contribution in [0.4, 0.5) is 0 Å². The first-order chi connectivity index (χ1) is 9.11. The van der Waals surface area contributed by atoms with Crippen molar-refractivity contribution in [3.63, 3.8) is 0 Å². The minimum absolute atomic E-state index is 0.0870. The third-order valence-electron chi connectivity index (χ3n) is 3.63. The number of amides is 1. The zero-order valence-electron chi connectivity index (χ0n) is 11.6. The number of hydrogen-bond donors (Lipinski definition) is 1. The molecule has 0 unspecified atom stereocenters. The first kappa shape index (κ1) is 14.1. The number of aliphatic hydroxyl groups is 1. The van der Waals surface area contributed by atoms with Crippen molar-refractivity contribution in [1.82, 2.24) is 10.1 Å². The first-order valence-electron chi connectivity index (χ1n) is 6.98. The molecule has 1 atom stereocenters. The molecule has 0 saturated carbocycles. The fourth-order valence-corrected chi connectivity index (χ4v) is 2.39. The molecule has 1 aromatic rings. The number of aromatic nitrogens is 1. The van der Waals surface area contributed by atoms with Crippen molar-refractivity contribution in [2.75, 3.05) is 19.7 Å². The number of carbonyl (C=O) groups excluding carboxylic acids is 1. The van der Waals surface area contributed by atoms with E-state index >= 15 is 0 Å². The predicted molar refractivity (Wildman–Crippen MR) is 70.9 cm³/mol. The molecular formula is C14H22N2O3. The van der Waals surface area contributed by atoms with Crippen LogP contribution < -0.4 is 0 Å². The van der Waals surface area contributed by atoms with Crippen molar-refractivity contribution in [1.29, 1.82) is 0 Å². The molecule has 1 saturated heterocycles. The average molecular weight is 266 g/mol. The molecule has 1 N–H and O–H groups in total. The fraction of sp³-hybridized carbons (Fsp3) is 0.714. The minimum atomic E-state index is -0.0870. The van der Waals surface area contributed by atoms with Crippen molar-refractivity contribution in [3.8, 4) is 0 Å². The summed E-state index contributed by atoms with van der Waals surface area (Å²) in [6, 6.07) is 1.73. The van der Waals surface area contributed by atoms with E-state index < -0.39 is 0 Å². The monoisotopic (exact) mass is 266 g/mol. The summed E-state index contributed by atoms with van der Waals surface area (Å²) in [6.07, 6.45) is 3.03. The lowest BCUT2D eigenvalue weighted by atomic mass is 10.0. The maximum atomic E-state index is 12.4. The van der Waals surface area contributed by atoms with Crippen molar-refractivity contribution in [3.05, 3.63) is 17.5 Å². The lowest BCUT2D eigenvalue weighted by Crippen LogP contribution is -2.35. The largest absolute Gasteiger partial charge is 0.396 e. The van der Waals surface area contributed by atoms with Gasteiger partial charge in [0.1, 0.15) is 5.76 Å². The Balaban J connectivity index is 2.08. The third kappa shape index (κ3) is 3.35. The van der Waals surface area contributed by atoms with Gasteiger partial charge in [0.05, 0.1) is 0 Å². The van der Waals surface area contributed by atoms with Gasteiger partial charge in [0, 0.05) is 31.7 Å². The molecule has 1 aromatic heterocycles. The normalized spacial score (nSPS) is 20.6. The highest BCUT2D eigenvalue weighted by atomic mass is 16.5. The van der Waals surface area contributed by atoms with Crippen LogP contribution in [0.15, 0.2) is 10.6 Å². The van der Waals surface area contributed by atoms with Crippen LogP contribution in [0.5, 0.6) is 0 Å². The summed E-state index contributed by atoms with van der Waals surface area (Å²) in [5.74, 6) is 1.05.